The average molecular weight is 467 g/mol. The van der Waals surface area contributed by atoms with Crippen molar-refractivity contribution in [1.82, 2.24) is 4.31 Å². The molecule has 3 unspecified atom stereocenters. The van der Waals surface area contributed by atoms with Gasteiger partial charge < -0.3 is 10.0 Å². The van der Waals surface area contributed by atoms with Crippen molar-refractivity contribution in [1.29, 1.82) is 0 Å². The van der Waals surface area contributed by atoms with E-state index in [2.05, 4.69) is 0 Å². The van der Waals surface area contributed by atoms with Gasteiger partial charge in [-0.1, -0.05) is 23.7 Å². The number of rotatable bonds is 4. The molecule has 1 N–H and O–H groups in total. The van der Waals surface area contributed by atoms with Gasteiger partial charge in [-0.05, 0) is 62.1 Å². The Morgan fingerprint density at radius 1 is 1.13 bits per heavy atom. The van der Waals surface area contributed by atoms with Gasteiger partial charge in [0.1, 0.15) is 5.82 Å². The summed E-state index contributed by atoms with van der Waals surface area (Å²) in [5.41, 5.74) is 2.04. The summed E-state index contributed by atoms with van der Waals surface area (Å²) >= 11 is 5.79. The Morgan fingerprint density at radius 3 is 2.42 bits per heavy atom. The van der Waals surface area contributed by atoms with Crippen molar-refractivity contribution in [2.45, 2.75) is 43.7 Å². The minimum atomic E-state index is -3.84. The molecule has 1 aliphatic heterocycles. The second kappa shape index (κ2) is 8.07. The first-order valence-corrected chi connectivity index (χ1v) is 12.0. The standard InChI is InChI=1S/C22H24ClFN2O4S/c1-13-11-25(17-6-7-19(23)20(24)10-17)12-14(2)26(13)31(29,30)21-5-3-4-15-8-16(22(27)28)9-18(15)21/h3-7,10,13-14,16H,8-9,11-12H2,1-2H3,(H,27,28). The predicted octanol–water partition coefficient (Wildman–Crippen LogP) is 3.57. The van der Waals surface area contributed by atoms with Crippen molar-refractivity contribution in [3.05, 3.63) is 58.4 Å². The summed E-state index contributed by atoms with van der Waals surface area (Å²) < 4.78 is 42.8. The van der Waals surface area contributed by atoms with Crippen LogP contribution in [0.15, 0.2) is 41.3 Å². The van der Waals surface area contributed by atoms with Gasteiger partial charge in [0.2, 0.25) is 10.0 Å². The number of nitrogens with zero attached hydrogens (tertiary/aromatic N) is 2. The first kappa shape index (κ1) is 22.0. The number of carbonyl (C=O) groups is 1. The molecule has 4 rings (SSSR count). The summed E-state index contributed by atoms with van der Waals surface area (Å²) in [7, 11) is -3.84. The van der Waals surface area contributed by atoms with Crippen LogP contribution in [0.1, 0.15) is 25.0 Å². The highest BCUT2D eigenvalue weighted by molar-refractivity contribution is 7.89. The third-order valence-electron chi connectivity index (χ3n) is 6.16. The summed E-state index contributed by atoms with van der Waals surface area (Å²) in [6.07, 6.45) is 0.557. The van der Waals surface area contributed by atoms with E-state index in [4.69, 9.17) is 11.6 Å². The number of piperazine rings is 1. The van der Waals surface area contributed by atoms with E-state index in [1.807, 2.05) is 18.7 Å². The van der Waals surface area contributed by atoms with Crippen LogP contribution in [-0.2, 0) is 27.7 Å². The summed E-state index contributed by atoms with van der Waals surface area (Å²) in [6.45, 7) is 4.46. The van der Waals surface area contributed by atoms with E-state index < -0.39 is 27.7 Å². The van der Waals surface area contributed by atoms with E-state index in [0.717, 1.165) is 5.56 Å². The van der Waals surface area contributed by atoms with Gasteiger partial charge in [-0.3, -0.25) is 4.79 Å². The summed E-state index contributed by atoms with van der Waals surface area (Å²) in [5.74, 6) is -2.02. The fraction of sp³-hybridized carbons (Fsp3) is 0.409. The Kier molecular flexibility index (Phi) is 5.74. The number of fused-ring (bicyclic) bond motifs is 1. The normalized spacial score (nSPS) is 24.3. The van der Waals surface area contributed by atoms with Crippen molar-refractivity contribution in [2.75, 3.05) is 18.0 Å². The molecule has 2 aromatic rings. The van der Waals surface area contributed by atoms with Crippen molar-refractivity contribution < 1.29 is 22.7 Å². The quantitative estimate of drug-likeness (QED) is 0.745. The van der Waals surface area contributed by atoms with E-state index in [1.54, 1.807) is 24.3 Å². The van der Waals surface area contributed by atoms with Gasteiger partial charge in [-0.2, -0.15) is 4.31 Å². The molecule has 1 fully saturated rings. The molecule has 9 heteroatoms. The van der Waals surface area contributed by atoms with Crippen LogP contribution in [-0.4, -0.2) is 49.0 Å². The molecule has 166 valence electrons. The molecule has 0 radical (unpaired) electrons. The molecule has 2 aromatic carbocycles. The largest absolute Gasteiger partial charge is 0.481 e. The number of carboxylic acids is 1. The second-order valence-electron chi connectivity index (χ2n) is 8.37. The van der Waals surface area contributed by atoms with Gasteiger partial charge >= 0.3 is 5.97 Å². The summed E-state index contributed by atoms with van der Waals surface area (Å²) in [4.78, 5) is 13.6. The number of hydrogen-bond acceptors (Lipinski definition) is 4. The van der Waals surface area contributed by atoms with Crippen molar-refractivity contribution >= 4 is 33.3 Å². The molecule has 1 aliphatic carbocycles. The van der Waals surface area contributed by atoms with E-state index in [1.165, 1.54) is 16.4 Å². The van der Waals surface area contributed by atoms with Crippen LogP contribution < -0.4 is 4.90 Å². The number of carboxylic acid groups (broad SMARTS) is 1. The zero-order valence-corrected chi connectivity index (χ0v) is 18.8. The Balaban J connectivity index is 1.63. The number of halogens is 2. The number of benzene rings is 2. The van der Waals surface area contributed by atoms with E-state index in [-0.39, 0.29) is 28.4 Å². The predicted molar refractivity (Wildman–Crippen MR) is 117 cm³/mol. The molecule has 0 saturated carbocycles. The maximum atomic E-state index is 13.9. The van der Waals surface area contributed by atoms with E-state index >= 15 is 0 Å². The summed E-state index contributed by atoms with van der Waals surface area (Å²) in [6, 6.07) is 8.91. The van der Waals surface area contributed by atoms with Gasteiger partial charge in [0.15, 0.2) is 0 Å². The van der Waals surface area contributed by atoms with Gasteiger partial charge in [0, 0.05) is 30.9 Å². The molecule has 0 spiro atoms. The van der Waals surface area contributed by atoms with Crippen LogP contribution in [0.2, 0.25) is 5.02 Å². The number of aliphatic carboxylic acids is 1. The first-order valence-electron chi connectivity index (χ1n) is 10.2. The third-order valence-corrected chi connectivity index (χ3v) is 8.68. The van der Waals surface area contributed by atoms with Crippen molar-refractivity contribution in [3.63, 3.8) is 0 Å². The Bertz CT molecular complexity index is 1130. The highest BCUT2D eigenvalue weighted by atomic mass is 35.5. The Labute approximate surface area is 186 Å². The number of hydrogen-bond donors (Lipinski definition) is 1. The molecule has 0 amide bonds. The lowest BCUT2D eigenvalue weighted by Gasteiger charge is -2.44. The van der Waals surface area contributed by atoms with Gasteiger partial charge in [-0.15, -0.1) is 0 Å². The van der Waals surface area contributed by atoms with Gasteiger partial charge in [-0.25, -0.2) is 12.8 Å². The van der Waals surface area contributed by atoms with Crippen LogP contribution in [0.25, 0.3) is 0 Å². The molecular weight excluding hydrogens is 443 g/mol. The summed E-state index contributed by atoms with van der Waals surface area (Å²) in [5, 5.41) is 9.43. The Hall–Kier alpha value is -2.16. The zero-order chi connectivity index (χ0) is 22.5. The fourth-order valence-electron chi connectivity index (χ4n) is 4.82. The van der Waals surface area contributed by atoms with E-state index in [0.29, 0.717) is 30.8 Å². The SMILES string of the molecule is CC1CN(c2ccc(Cl)c(F)c2)CC(C)N1S(=O)(=O)c1cccc2c1CC(C(=O)O)C2. The molecule has 1 heterocycles. The van der Waals surface area contributed by atoms with Gasteiger partial charge in [0.05, 0.1) is 15.8 Å². The monoisotopic (exact) mass is 466 g/mol. The second-order valence-corrected chi connectivity index (χ2v) is 10.6. The van der Waals surface area contributed by atoms with Crippen molar-refractivity contribution in [2.24, 2.45) is 5.92 Å². The number of sulfonamides is 1. The maximum absolute atomic E-state index is 13.9. The molecule has 6 nitrogen and oxygen atoms in total. The molecule has 31 heavy (non-hydrogen) atoms. The molecule has 0 aromatic heterocycles. The lowest BCUT2D eigenvalue weighted by atomic mass is 10.1. The van der Waals surface area contributed by atoms with Crippen LogP contribution in [0.3, 0.4) is 0 Å². The lowest BCUT2D eigenvalue weighted by Crippen LogP contribution is -2.58. The Morgan fingerprint density at radius 2 is 1.81 bits per heavy atom. The highest BCUT2D eigenvalue weighted by Gasteiger charge is 2.41. The smallest absolute Gasteiger partial charge is 0.307 e. The van der Waals surface area contributed by atoms with Crippen LogP contribution in [0, 0.1) is 11.7 Å². The number of anilines is 1. The van der Waals surface area contributed by atoms with Gasteiger partial charge in [0.25, 0.3) is 0 Å². The van der Waals surface area contributed by atoms with E-state index in [9.17, 15) is 22.7 Å². The topological polar surface area (TPSA) is 77.9 Å². The lowest BCUT2D eigenvalue weighted by molar-refractivity contribution is -0.141. The van der Waals surface area contributed by atoms with Crippen LogP contribution >= 0.6 is 11.6 Å². The average Bonchev–Trinajstić information content (AvgIpc) is 3.14. The third kappa shape index (κ3) is 3.92. The maximum Gasteiger partial charge on any atom is 0.307 e. The minimum Gasteiger partial charge on any atom is -0.481 e. The van der Waals surface area contributed by atoms with Crippen molar-refractivity contribution in [3.8, 4) is 0 Å². The minimum absolute atomic E-state index is 0.0451. The zero-order valence-electron chi connectivity index (χ0n) is 17.3. The fourth-order valence-corrected chi connectivity index (χ4v) is 7.02. The molecule has 0 bridgehead atoms. The first-order chi connectivity index (χ1) is 14.6. The molecule has 3 atom stereocenters. The van der Waals surface area contributed by atoms with Crippen LogP contribution in [0.5, 0.6) is 0 Å². The molecule has 1 saturated heterocycles. The van der Waals surface area contributed by atoms with Crippen LogP contribution in [0.4, 0.5) is 10.1 Å². The molecule has 2 aliphatic rings. The molecular formula is C22H24ClFN2O4S. The highest BCUT2D eigenvalue weighted by Crippen LogP contribution is 2.36.